The van der Waals surface area contributed by atoms with Crippen molar-refractivity contribution < 1.29 is 31.1 Å². The SMILES string of the molecule is O=C(CSc1ccc(S(=O)(=O)N2CCCC2)cn1)Nc1ccc(OC(F)(F)F)cc1. The Morgan fingerprint density at radius 2 is 1.80 bits per heavy atom. The number of sulfonamides is 1. The number of hydrogen-bond donors (Lipinski definition) is 1. The number of nitrogens with one attached hydrogen (secondary N) is 1. The van der Waals surface area contributed by atoms with Crippen molar-refractivity contribution >= 4 is 33.4 Å². The third-order valence-electron chi connectivity index (χ3n) is 4.13. The maximum atomic E-state index is 12.5. The summed E-state index contributed by atoms with van der Waals surface area (Å²) in [6, 6.07) is 7.76. The lowest BCUT2D eigenvalue weighted by Gasteiger charge is -2.15. The highest BCUT2D eigenvalue weighted by Gasteiger charge is 2.31. The fraction of sp³-hybridized carbons (Fsp3) is 0.333. The molecule has 1 fully saturated rings. The summed E-state index contributed by atoms with van der Waals surface area (Å²) in [7, 11) is -3.54. The molecule has 30 heavy (non-hydrogen) atoms. The van der Waals surface area contributed by atoms with E-state index in [2.05, 4.69) is 15.0 Å². The number of halogens is 3. The lowest BCUT2D eigenvalue weighted by Crippen LogP contribution is -2.27. The van der Waals surface area contributed by atoms with Crippen LogP contribution in [0, 0.1) is 0 Å². The number of aromatic nitrogens is 1. The summed E-state index contributed by atoms with van der Waals surface area (Å²) in [5, 5.41) is 3.02. The highest BCUT2D eigenvalue weighted by Crippen LogP contribution is 2.25. The molecule has 0 saturated carbocycles. The minimum Gasteiger partial charge on any atom is -0.406 e. The average molecular weight is 461 g/mol. The smallest absolute Gasteiger partial charge is 0.406 e. The summed E-state index contributed by atoms with van der Waals surface area (Å²) in [6.07, 6.45) is -1.83. The molecule has 2 aromatic rings. The van der Waals surface area contributed by atoms with Crippen molar-refractivity contribution in [3.63, 3.8) is 0 Å². The van der Waals surface area contributed by atoms with E-state index in [0.717, 1.165) is 36.7 Å². The third-order valence-corrected chi connectivity index (χ3v) is 6.96. The number of alkyl halides is 3. The van der Waals surface area contributed by atoms with E-state index in [1.165, 1.54) is 34.8 Å². The van der Waals surface area contributed by atoms with Gasteiger partial charge in [-0.05, 0) is 49.2 Å². The van der Waals surface area contributed by atoms with E-state index in [9.17, 15) is 26.4 Å². The van der Waals surface area contributed by atoms with Crippen LogP contribution in [0.25, 0.3) is 0 Å². The van der Waals surface area contributed by atoms with Gasteiger partial charge in [0.1, 0.15) is 10.6 Å². The van der Waals surface area contributed by atoms with Crippen LogP contribution in [-0.2, 0) is 14.8 Å². The average Bonchev–Trinajstić information content (AvgIpc) is 3.23. The minimum atomic E-state index is -4.78. The van der Waals surface area contributed by atoms with Crippen molar-refractivity contribution in [2.45, 2.75) is 29.1 Å². The first-order valence-electron chi connectivity index (χ1n) is 8.88. The van der Waals surface area contributed by atoms with Crippen molar-refractivity contribution in [2.24, 2.45) is 0 Å². The summed E-state index contributed by atoms with van der Waals surface area (Å²) in [4.78, 5) is 16.2. The van der Waals surface area contributed by atoms with Gasteiger partial charge in [0, 0.05) is 25.0 Å². The summed E-state index contributed by atoms with van der Waals surface area (Å²) in [6.45, 7) is 1.00. The summed E-state index contributed by atoms with van der Waals surface area (Å²) < 4.78 is 66.5. The summed E-state index contributed by atoms with van der Waals surface area (Å²) in [5.74, 6) is -0.783. The van der Waals surface area contributed by atoms with Gasteiger partial charge in [-0.25, -0.2) is 13.4 Å². The first kappa shape index (κ1) is 22.4. The lowest BCUT2D eigenvalue weighted by molar-refractivity contribution is -0.274. The van der Waals surface area contributed by atoms with Crippen LogP contribution in [0.15, 0.2) is 52.5 Å². The molecular formula is C18H18F3N3O4S2. The van der Waals surface area contributed by atoms with Crippen LogP contribution in [0.3, 0.4) is 0 Å². The van der Waals surface area contributed by atoms with Crippen LogP contribution in [0.2, 0.25) is 0 Å². The standard InChI is InChI=1S/C18H18F3N3O4S2/c19-18(20,21)28-14-5-3-13(4-6-14)23-16(25)12-29-17-8-7-15(11-22-17)30(26,27)24-9-1-2-10-24/h3-8,11H,1-2,9-10,12H2,(H,23,25). The zero-order valence-corrected chi connectivity index (χ0v) is 17.2. The van der Waals surface area contributed by atoms with Crippen molar-refractivity contribution in [1.82, 2.24) is 9.29 Å². The topological polar surface area (TPSA) is 88.6 Å². The molecule has 162 valence electrons. The molecule has 1 aromatic carbocycles. The Balaban J connectivity index is 1.51. The van der Waals surface area contributed by atoms with Gasteiger partial charge in [-0.3, -0.25) is 4.79 Å². The van der Waals surface area contributed by atoms with Crippen molar-refractivity contribution in [1.29, 1.82) is 0 Å². The van der Waals surface area contributed by atoms with Crippen molar-refractivity contribution in [2.75, 3.05) is 24.2 Å². The van der Waals surface area contributed by atoms with Gasteiger partial charge in [-0.15, -0.1) is 13.2 Å². The molecule has 1 aliphatic rings. The molecule has 1 N–H and O–H groups in total. The number of carbonyl (C=O) groups excluding carboxylic acids is 1. The Hall–Kier alpha value is -2.31. The van der Waals surface area contributed by atoms with Gasteiger partial charge in [-0.2, -0.15) is 4.31 Å². The summed E-state index contributed by atoms with van der Waals surface area (Å²) in [5.41, 5.74) is 0.315. The first-order valence-corrected chi connectivity index (χ1v) is 11.3. The molecule has 0 unspecified atom stereocenters. The first-order chi connectivity index (χ1) is 14.1. The van der Waals surface area contributed by atoms with E-state index < -0.39 is 16.4 Å². The zero-order chi connectivity index (χ0) is 21.8. The van der Waals surface area contributed by atoms with E-state index in [0.29, 0.717) is 23.8 Å². The number of amides is 1. The molecule has 0 radical (unpaired) electrons. The maximum absolute atomic E-state index is 12.5. The lowest BCUT2D eigenvalue weighted by atomic mass is 10.3. The van der Waals surface area contributed by atoms with Gasteiger partial charge >= 0.3 is 6.36 Å². The molecule has 3 rings (SSSR count). The molecule has 7 nitrogen and oxygen atoms in total. The van der Waals surface area contributed by atoms with Crippen LogP contribution in [0.4, 0.5) is 18.9 Å². The van der Waals surface area contributed by atoms with Gasteiger partial charge in [0.05, 0.1) is 10.8 Å². The number of ether oxygens (including phenoxy) is 1. The van der Waals surface area contributed by atoms with Crippen LogP contribution in [-0.4, -0.2) is 48.8 Å². The molecule has 12 heteroatoms. The molecule has 0 bridgehead atoms. The number of pyridine rings is 1. The second kappa shape index (κ2) is 9.23. The number of rotatable bonds is 7. The molecule has 1 aromatic heterocycles. The molecule has 0 aliphatic carbocycles. The fourth-order valence-electron chi connectivity index (χ4n) is 2.76. The second-order valence-corrected chi connectivity index (χ2v) is 9.29. The normalized spacial score (nSPS) is 15.2. The van der Waals surface area contributed by atoms with E-state index >= 15 is 0 Å². The highest BCUT2D eigenvalue weighted by atomic mass is 32.2. The van der Waals surface area contributed by atoms with Crippen molar-refractivity contribution in [3.8, 4) is 5.75 Å². The fourth-order valence-corrected chi connectivity index (χ4v) is 4.86. The highest BCUT2D eigenvalue weighted by molar-refractivity contribution is 7.99. The number of carbonyl (C=O) groups is 1. The summed E-state index contributed by atoms with van der Waals surface area (Å²) >= 11 is 1.11. The number of anilines is 1. The molecule has 2 heterocycles. The zero-order valence-electron chi connectivity index (χ0n) is 15.6. The Kier molecular flexibility index (Phi) is 6.88. The van der Waals surface area contributed by atoms with E-state index in [4.69, 9.17) is 0 Å². The Labute approximate surface area is 175 Å². The number of hydrogen-bond acceptors (Lipinski definition) is 6. The predicted molar refractivity (Wildman–Crippen MR) is 105 cm³/mol. The van der Waals surface area contributed by atoms with Gasteiger partial charge < -0.3 is 10.1 Å². The Bertz CT molecular complexity index is 975. The quantitative estimate of drug-likeness (QED) is 0.635. The molecule has 0 atom stereocenters. The van der Waals surface area contributed by atoms with E-state index in [1.807, 2.05) is 0 Å². The van der Waals surface area contributed by atoms with Gasteiger partial charge in [0.15, 0.2) is 0 Å². The molecule has 0 spiro atoms. The van der Waals surface area contributed by atoms with Gasteiger partial charge in [0.25, 0.3) is 0 Å². The number of nitrogens with zero attached hydrogens (tertiary/aromatic N) is 2. The monoisotopic (exact) mass is 461 g/mol. The van der Waals surface area contributed by atoms with Crippen LogP contribution < -0.4 is 10.1 Å². The molecule has 1 saturated heterocycles. The maximum Gasteiger partial charge on any atom is 0.573 e. The Morgan fingerprint density at radius 1 is 1.13 bits per heavy atom. The van der Waals surface area contributed by atoms with Gasteiger partial charge in [0.2, 0.25) is 15.9 Å². The molecule has 1 aliphatic heterocycles. The third kappa shape index (κ3) is 6.09. The Morgan fingerprint density at radius 3 is 2.37 bits per heavy atom. The molecular weight excluding hydrogens is 443 g/mol. The van der Waals surface area contributed by atoms with E-state index in [1.54, 1.807) is 0 Å². The number of thioether (sulfide) groups is 1. The number of benzene rings is 1. The minimum absolute atomic E-state index is 0.00791. The van der Waals surface area contributed by atoms with Crippen LogP contribution in [0.1, 0.15) is 12.8 Å². The van der Waals surface area contributed by atoms with Crippen LogP contribution in [0.5, 0.6) is 5.75 Å². The van der Waals surface area contributed by atoms with Gasteiger partial charge in [-0.1, -0.05) is 11.8 Å². The predicted octanol–water partition coefficient (Wildman–Crippen LogP) is 3.50. The molecule has 1 amide bonds. The largest absolute Gasteiger partial charge is 0.573 e. The van der Waals surface area contributed by atoms with Crippen LogP contribution >= 0.6 is 11.8 Å². The van der Waals surface area contributed by atoms with E-state index in [-0.39, 0.29) is 22.3 Å². The van der Waals surface area contributed by atoms with Crippen molar-refractivity contribution in [3.05, 3.63) is 42.6 Å². The second-order valence-electron chi connectivity index (χ2n) is 6.35.